The minimum Gasteiger partial charge on any atom is -0.492 e. The first-order valence-corrected chi connectivity index (χ1v) is 12.3. The molecule has 2 heterocycles. The number of carbonyl (C=O) groups excluding carboxylic acids is 1. The molecule has 7 nitrogen and oxygen atoms in total. The molecular weight excluding hydrogens is 452 g/mol. The molecule has 2 aromatic carbocycles. The third-order valence-electron chi connectivity index (χ3n) is 6.42. The smallest absolute Gasteiger partial charge is 0.247 e. The van der Waals surface area contributed by atoms with E-state index in [2.05, 4.69) is 10.2 Å². The maximum atomic E-state index is 13.6. The van der Waals surface area contributed by atoms with Crippen molar-refractivity contribution in [2.45, 2.75) is 24.3 Å². The van der Waals surface area contributed by atoms with Gasteiger partial charge in [-0.1, -0.05) is 18.2 Å². The first-order valence-electron chi connectivity index (χ1n) is 10.8. The summed E-state index contributed by atoms with van der Waals surface area (Å²) in [6.07, 6.45) is 1.28. The summed E-state index contributed by atoms with van der Waals surface area (Å²) in [6.45, 7) is 1.96. The van der Waals surface area contributed by atoms with Crippen LogP contribution in [-0.4, -0.2) is 63.4 Å². The van der Waals surface area contributed by atoms with Gasteiger partial charge in [0.2, 0.25) is 15.9 Å². The van der Waals surface area contributed by atoms with Crippen LogP contribution >= 0.6 is 0 Å². The highest BCUT2D eigenvalue weighted by Gasteiger charge is 2.43. The van der Waals surface area contributed by atoms with Crippen LogP contribution in [0.4, 0.5) is 8.78 Å². The van der Waals surface area contributed by atoms with Gasteiger partial charge in [0, 0.05) is 25.6 Å². The van der Waals surface area contributed by atoms with Gasteiger partial charge < -0.3 is 10.1 Å². The number of halogens is 2. The Bertz CT molecular complexity index is 1130. The molecule has 0 aromatic heterocycles. The molecule has 10 heteroatoms. The Kier molecular flexibility index (Phi) is 6.69. The maximum Gasteiger partial charge on any atom is 0.247 e. The fraction of sp³-hybridized carbons (Fsp3) is 0.435. The number of para-hydroxylation sites is 1. The number of rotatable bonds is 4. The molecule has 2 aromatic rings. The van der Waals surface area contributed by atoms with Crippen LogP contribution in [0.2, 0.25) is 0 Å². The second kappa shape index (κ2) is 9.36. The quantitative estimate of drug-likeness (QED) is 0.729. The van der Waals surface area contributed by atoms with Crippen molar-refractivity contribution in [2.75, 3.05) is 39.8 Å². The lowest BCUT2D eigenvalue weighted by Crippen LogP contribution is -2.53. The zero-order valence-corrected chi connectivity index (χ0v) is 19.2. The topological polar surface area (TPSA) is 79.0 Å². The molecule has 33 heavy (non-hydrogen) atoms. The minimum absolute atomic E-state index is 0.0551. The molecule has 1 amide bonds. The Morgan fingerprint density at radius 2 is 1.85 bits per heavy atom. The van der Waals surface area contributed by atoms with Crippen LogP contribution in [0, 0.1) is 17.0 Å². The number of sulfonamides is 1. The average molecular weight is 480 g/mol. The van der Waals surface area contributed by atoms with Gasteiger partial charge in [0.15, 0.2) is 11.6 Å². The van der Waals surface area contributed by atoms with Gasteiger partial charge in [-0.2, -0.15) is 4.31 Å². The Hall–Kier alpha value is -2.56. The number of likely N-dealkylation sites (tertiary alicyclic amines) is 1. The largest absolute Gasteiger partial charge is 0.492 e. The highest BCUT2D eigenvalue weighted by Crippen LogP contribution is 2.39. The normalized spacial score (nSPS) is 20.3. The number of ether oxygens (including phenoxy) is 1. The molecule has 2 aliphatic heterocycles. The lowest BCUT2D eigenvalue weighted by Gasteiger charge is -2.44. The van der Waals surface area contributed by atoms with E-state index >= 15 is 0 Å². The number of nitrogens with zero attached hydrogens (tertiary/aromatic N) is 2. The lowest BCUT2D eigenvalue weighted by molar-refractivity contribution is -0.121. The maximum absolute atomic E-state index is 13.6. The van der Waals surface area contributed by atoms with Crippen LogP contribution < -0.4 is 10.1 Å². The van der Waals surface area contributed by atoms with Crippen LogP contribution in [0.5, 0.6) is 5.75 Å². The average Bonchev–Trinajstić information content (AvgIpc) is 2.80. The van der Waals surface area contributed by atoms with Crippen molar-refractivity contribution in [3.05, 3.63) is 59.7 Å². The fourth-order valence-corrected chi connectivity index (χ4v) is 6.06. The first-order chi connectivity index (χ1) is 15.7. The van der Waals surface area contributed by atoms with E-state index in [1.165, 1.54) is 23.5 Å². The van der Waals surface area contributed by atoms with Gasteiger partial charge in [-0.3, -0.25) is 9.69 Å². The lowest BCUT2D eigenvalue weighted by atomic mass is 9.78. The van der Waals surface area contributed by atoms with E-state index in [0.29, 0.717) is 44.6 Å². The number of hydrogen-bond acceptors (Lipinski definition) is 5. The Labute approximate surface area is 192 Å². The molecule has 1 saturated heterocycles. The van der Waals surface area contributed by atoms with Crippen molar-refractivity contribution < 1.29 is 26.7 Å². The molecule has 0 unspecified atom stereocenters. The summed E-state index contributed by atoms with van der Waals surface area (Å²) < 4.78 is 60.9. The standard InChI is InChI=1S/C23H27F2N3O4S/c1-26-22(29)14-28-15-23(16-32-20-4-2-3-5-21(20)33(28,30)31)8-10-27(11-9-23)13-17-6-7-18(24)19(25)12-17/h2-7,12H,8-11,13-16H2,1H3,(H,26,29). The molecule has 0 atom stereocenters. The monoisotopic (exact) mass is 479 g/mol. The van der Waals surface area contributed by atoms with E-state index < -0.39 is 27.1 Å². The summed E-state index contributed by atoms with van der Waals surface area (Å²) in [7, 11) is -2.46. The molecule has 0 bridgehead atoms. The van der Waals surface area contributed by atoms with Crippen LogP contribution in [-0.2, 0) is 21.4 Å². The summed E-state index contributed by atoms with van der Waals surface area (Å²) in [5, 5.41) is 2.50. The Balaban J connectivity index is 1.55. The minimum atomic E-state index is -3.94. The number of likely N-dealkylation sites (N-methyl/N-ethyl adjacent to an activating group) is 1. The van der Waals surface area contributed by atoms with Crippen molar-refractivity contribution in [3.8, 4) is 5.75 Å². The molecule has 4 rings (SSSR count). The molecule has 1 fully saturated rings. The van der Waals surface area contributed by atoms with Gasteiger partial charge in [-0.25, -0.2) is 17.2 Å². The van der Waals surface area contributed by atoms with Gasteiger partial charge in [0.05, 0.1) is 13.2 Å². The Morgan fingerprint density at radius 3 is 2.55 bits per heavy atom. The third-order valence-corrected chi connectivity index (χ3v) is 8.25. The summed E-state index contributed by atoms with van der Waals surface area (Å²) in [5.41, 5.74) is 0.204. The van der Waals surface area contributed by atoms with Crippen LogP contribution in [0.25, 0.3) is 0 Å². The number of fused-ring (bicyclic) bond motifs is 1. The zero-order valence-electron chi connectivity index (χ0n) is 18.4. The van der Waals surface area contributed by atoms with Crippen molar-refractivity contribution in [1.29, 1.82) is 0 Å². The molecule has 0 aliphatic carbocycles. The summed E-state index contributed by atoms with van der Waals surface area (Å²) in [6, 6.07) is 10.4. The van der Waals surface area contributed by atoms with E-state index in [1.807, 2.05) is 0 Å². The van der Waals surface area contributed by atoms with Crippen molar-refractivity contribution >= 4 is 15.9 Å². The SMILES string of the molecule is CNC(=O)CN1CC2(CCN(Cc3ccc(F)c(F)c3)CC2)COc2ccccc2S1(=O)=O. The zero-order chi connectivity index (χ0) is 23.6. The van der Waals surface area contributed by atoms with Crippen molar-refractivity contribution in [1.82, 2.24) is 14.5 Å². The summed E-state index contributed by atoms with van der Waals surface area (Å²) in [4.78, 5) is 14.3. The van der Waals surface area contributed by atoms with Crippen molar-refractivity contribution in [2.24, 2.45) is 5.41 Å². The van der Waals surface area contributed by atoms with E-state index in [0.717, 1.165) is 6.07 Å². The number of piperidine rings is 1. The van der Waals surface area contributed by atoms with E-state index in [1.54, 1.807) is 24.3 Å². The predicted octanol–water partition coefficient (Wildman–Crippen LogP) is 2.38. The van der Waals surface area contributed by atoms with Gasteiger partial charge in [-0.15, -0.1) is 0 Å². The fourth-order valence-electron chi connectivity index (χ4n) is 4.42. The molecule has 0 radical (unpaired) electrons. The highest BCUT2D eigenvalue weighted by atomic mass is 32.2. The third kappa shape index (κ3) is 5.02. The van der Waals surface area contributed by atoms with Crippen LogP contribution in [0.3, 0.4) is 0 Å². The van der Waals surface area contributed by atoms with Gasteiger partial charge in [0.25, 0.3) is 0 Å². The second-order valence-electron chi connectivity index (χ2n) is 8.71. The number of carbonyl (C=O) groups is 1. The van der Waals surface area contributed by atoms with E-state index in [4.69, 9.17) is 4.74 Å². The molecule has 0 saturated carbocycles. The predicted molar refractivity (Wildman–Crippen MR) is 118 cm³/mol. The van der Waals surface area contributed by atoms with Crippen LogP contribution in [0.1, 0.15) is 18.4 Å². The summed E-state index contributed by atoms with van der Waals surface area (Å²) >= 11 is 0. The van der Waals surface area contributed by atoms with Crippen molar-refractivity contribution in [3.63, 3.8) is 0 Å². The highest BCUT2D eigenvalue weighted by molar-refractivity contribution is 7.89. The number of hydrogen-bond donors (Lipinski definition) is 1. The molecule has 2 aliphatic rings. The Morgan fingerprint density at radius 1 is 1.12 bits per heavy atom. The molecule has 1 spiro atoms. The number of amides is 1. The van der Waals surface area contributed by atoms with Gasteiger partial charge in [0.1, 0.15) is 10.6 Å². The number of nitrogens with one attached hydrogen (secondary N) is 1. The van der Waals surface area contributed by atoms with Gasteiger partial charge in [-0.05, 0) is 55.8 Å². The van der Waals surface area contributed by atoms with E-state index in [9.17, 15) is 22.0 Å². The molecule has 178 valence electrons. The van der Waals surface area contributed by atoms with E-state index in [-0.39, 0.29) is 29.6 Å². The molecule has 1 N–H and O–H groups in total. The van der Waals surface area contributed by atoms with Crippen LogP contribution in [0.15, 0.2) is 47.4 Å². The number of benzene rings is 2. The second-order valence-corrected chi connectivity index (χ2v) is 10.6. The van der Waals surface area contributed by atoms with Gasteiger partial charge >= 0.3 is 0 Å². The summed E-state index contributed by atoms with van der Waals surface area (Å²) in [5.74, 6) is -1.85. The molecular formula is C23H27F2N3O4S. The first kappa shape index (κ1) is 23.6.